The van der Waals surface area contributed by atoms with Gasteiger partial charge in [0.2, 0.25) is 15.9 Å². The van der Waals surface area contributed by atoms with Crippen LogP contribution in [0.15, 0.2) is 18.2 Å². The molecule has 2 heterocycles. The van der Waals surface area contributed by atoms with Crippen LogP contribution >= 0.6 is 23.2 Å². The highest BCUT2D eigenvalue weighted by atomic mass is 35.5. The number of halogens is 2. The van der Waals surface area contributed by atoms with Crippen LogP contribution in [-0.2, 0) is 21.2 Å². The second-order valence-corrected chi connectivity index (χ2v) is 10.1. The number of hydrogen-bond acceptors (Lipinski definition) is 4. The number of amides is 1. The third-order valence-electron chi connectivity index (χ3n) is 5.24. The number of likely N-dealkylation sites (tertiary alicyclic amines) is 1. The van der Waals surface area contributed by atoms with Crippen LogP contribution < -0.4 is 0 Å². The lowest BCUT2D eigenvalue weighted by Gasteiger charge is -2.42. The Labute approximate surface area is 183 Å². The monoisotopic (exact) mass is 459 g/mol. The summed E-state index contributed by atoms with van der Waals surface area (Å²) < 4.78 is 25.5. The van der Waals surface area contributed by atoms with E-state index in [9.17, 15) is 13.2 Å². The van der Waals surface area contributed by atoms with Crippen molar-refractivity contribution in [3.8, 4) is 12.8 Å². The highest BCUT2D eigenvalue weighted by Gasteiger charge is 2.35. The zero-order chi connectivity index (χ0) is 21.6. The van der Waals surface area contributed by atoms with E-state index in [0.29, 0.717) is 36.2 Å². The van der Waals surface area contributed by atoms with Crippen molar-refractivity contribution in [2.24, 2.45) is 0 Å². The maximum atomic E-state index is 13.0. The van der Waals surface area contributed by atoms with Crippen molar-refractivity contribution in [3.63, 3.8) is 0 Å². The first-order chi connectivity index (χ1) is 13.7. The van der Waals surface area contributed by atoms with Gasteiger partial charge in [-0.25, -0.2) is 8.42 Å². The van der Waals surface area contributed by atoms with Crippen molar-refractivity contribution < 1.29 is 13.2 Å². The Morgan fingerprint density at radius 1 is 1.10 bits per heavy atom. The van der Waals surface area contributed by atoms with E-state index in [-0.39, 0.29) is 18.4 Å². The molecule has 0 N–H and O–H groups in total. The Balaban J connectivity index is 0.00000145. The van der Waals surface area contributed by atoms with Gasteiger partial charge >= 0.3 is 0 Å². The average Bonchev–Trinajstić information content (AvgIpc) is 3.18. The largest absolute Gasteiger partial charge is 0.335 e. The number of benzene rings is 1. The molecule has 1 aromatic carbocycles. The number of sulfonamides is 1. The van der Waals surface area contributed by atoms with E-state index in [2.05, 4.69) is 17.7 Å². The molecule has 2 aliphatic heterocycles. The van der Waals surface area contributed by atoms with E-state index in [1.165, 1.54) is 10.6 Å². The van der Waals surface area contributed by atoms with Crippen LogP contribution in [-0.4, -0.2) is 80.0 Å². The van der Waals surface area contributed by atoms with Gasteiger partial charge in [0, 0.05) is 26.2 Å². The summed E-state index contributed by atoms with van der Waals surface area (Å²) in [6, 6.07) is 5.07. The summed E-state index contributed by atoms with van der Waals surface area (Å²) >= 11 is 12.0. The summed E-state index contributed by atoms with van der Waals surface area (Å²) in [6.07, 6.45) is 11.8. The maximum absolute atomic E-state index is 13.0. The van der Waals surface area contributed by atoms with Crippen molar-refractivity contribution >= 4 is 39.1 Å². The van der Waals surface area contributed by atoms with E-state index in [4.69, 9.17) is 23.2 Å². The highest BCUT2D eigenvalue weighted by molar-refractivity contribution is 7.88. The first kappa shape index (κ1) is 24.0. The first-order valence-corrected chi connectivity index (χ1v) is 12.1. The first-order valence-electron chi connectivity index (χ1n) is 9.48. The molecule has 0 aliphatic carbocycles. The van der Waals surface area contributed by atoms with Crippen LogP contribution in [0.1, 0.15) is 18.4 Å². The minimum atomic E-state index is -3.27. The van der Waals surface area contributed by atoms with E-state index in [1.54, 1.807) is 18.2 Å². The minimum absolute atomic E-state index is 0.00858. The lowest BCUT2D eigenvalue weighted by Crippen LogP contribution is -2.59. The van der Waals surface area contributed by atoms with E-state index in [0.717, 1.165) is 31.5 Å². The zero-order valence-electron chi connectivity index (χ0n) is 16.6. The molecule has 2 aliphatic rings. The van der Waals surface area contributed by atoms with Crippen LogP contribution in [0.3, 0.4) is 0 Å². The molecule has 29 heavy (non-hydrogen) atoms. The fraction of sp³-hybridized carbons (Fsp3) is 0.550. The molecule has 160 valence electrons. The SMILES string of the molecule is C#C.CS(=O)(=O)N1CCN(C(=O)Cc2ccc(Cl)c(Cl)c2)[C@H](CN2CCCC2)C1. The third-order valence-corrected chi connectivity index (χ3v) is 7.25. The summed E-state index contributed by atoms with van der Waals surface area (Å²) in [4.78, 5) is 17.1. The van der Waals surface area contributed by atoms with Gasteiger partial charge in [0.1, 0.15) is 0 Å². The summed E-state index contributed by atoms with van der Waals surface area (Å²) in [5.41, 5.74) is 0.805. The molecule has 0 unspecified atom stereocenters. The molecule has 0 radical (unpaired) electrons. The standard InChI is InChI=1S/C18H25Cl2N3O3S.C2H2/c1-27(25,26)22-8-9-23(15(13-22)12-21-6-2-3-7-21)18(24)11-14-4-5-16(19)17(20)10-14;1-2/h4-5,10,15H,2-3,6-9,11-13H2,1H3;1-2H/t15-;/m1./s1. The van der Waals surface area contributed by atoms with Crippen molar-refractivity contribution in [1.82, 2.24) is 14.1 Å². The Kier molecular flexibility index (Phi) is 8.80. The van der Waals surface area contributed by atoms with Crippen molar-refractivity contribution in [2.75, 3.05) is 45.5 Å². The number of nitrogens with zero attached hydrogens (tertiary/aromatic N) is 3. The van der Waals surface area contributed by atoms with Gasteiger partial charge in [0.05, 0.1) is 28.8 Å². The topological polar surface area (TPSA) is 60.9 Å². The summed E-state index contributed by atoms with van der Waals surface area (Å²) in [6.45, 7) is 3.81. The molecule has 1 atom stereocenters. The summed E-state index contributed by atoms with van der Waals surface area (Å²) in [7, 11) is -3.27. The van der Waals surface area contributed by atoms with E-state index < -0.39 is 10.0 Å². The highest BCUT2D eigenvalue weighted by Crippen LogP contribution is 2.24. The molecule has 3 rings (SSSR count). The second kappa shape index (κ2) is 10.6. The quantitative estimate of drug-likeness (QED) is 0.633. The number of terminal acetylenes is 1. The predicted molar refractivity (Wildman–Crippen MR) is 118 cm³/mol. The molecular weight excluding hydrogens is 433 g/mol. The van der Waals surface area contributed by atoms with Crippen LogP contribution in [0.2, 0.25) is 10.0 Å². The third kappa shape index (κ3) is 6.59. The lowest BCUT2D eigenvalue weighted by molar-refractivity contribution is -0.135. The van der Waals surface area contributed by atoms with Crippen LogP contribution in [0.4, 0.5) is 0 Å². The molecule has 0 spiro atoms. The van der Waals surface area contributed by atoms with Crippen LogP contribution in [0, 0.1) is 12.8 Å². The van der Waals surface area contributed by atoms with Gasteiger partial charge in [-0.2, -0.15) is 4.31 Å². The molecule has 0 bridgehead atoms. The molecule has 0 saturated carbocycles. The van der Waals surface area contributed by atoms with Gasteiger partial charge in [0.25, 0.3) is 0 Å². The molecular formula is C20H27Cl2N3O3S. The molecule has 6 nitrogen and oxygen atoms in total. The van der Waals surface area contributed by atoms with Crippen LogP contribution in [0.5, 0.6) is 0 Å². The van der Waals surface area contributed by atoms with Gasteiger partial charge in [-0.15, -0.1) is 12.8 Å². The fourth-order valence-corrected chi connectivity index (χ4v) is 4.98. The van der Waals surface area contributed by atoms with Gasteiger partial charge in [-0.1, -0.05) is 29.3 Å². The number of carbonyl (C=O) groups excluding carboxylic acids is 1. The zero-order valence-corrected chi connectivity index (χ0v) is 18.9. The van der Waals surface area contributed by atoms with Gasteiger partial charge < -0.3 is 9.80 Å². The Morgan fingerprint density at radius 3 is 2.34 bits per heavy atom. The number of piperazine rings is 1. The Morgan fingerprint density at radius 2 is 1.76 bits per heavy atom. The normalized spacial score (nSPS) is 20.9. The number of carbonyl (C=O) groups is 1. The minimum Gasteiger partial charge on any atom is -0.335 e. The lowest BCUT2D eigenvalue weighted by atomic mass is 10.1. The molecule has 9 heteroatoms. The Hall–Kier alpha value is -1.30. The maximum Gasteiger partial charge on any atom is 0.227 e. The smallest absolute Gasteiger partial charge is 0.227 e. The molecule has 1 aromatic rings. The van der Waals surface area contributed by atoms with Gasteiger partial charge in [-0.3, -0.25) is 4.79 Å². The van der Waals surface area contributed by atoms with Crippen molar-refractivity contribution in [2.45, 2.75) is 25.3 Å². The molecule has 2 fully saturated rings. The fourth-order valence-electron chi connectivity index (χ4n) is 3.80. The van der Waals surface area contributed by atoms with E-state index >= 15 is 0 Å². The summed E-state index contributed by atoms with van der Waals surface area (Å²) in [5, 5.41) is 0.888. The summed E-state index contributed by atoms with van der Waals surface area (Å²) in [5.74, 6) is -0.00858. The van der Waals surface area contributed by atoms with E-state index in [1.807, 2.05) is 4.90 Å². The van der Waals surface area contributed by atoms with Gasteiger partial charge in [-0.05, 0) is 43.6 Å². The predicted octanol–water partition coefficient (Wildman–Crippen LogP) is 2.35. The van der Waals surface area contributed by atoms with Crippen LogP contribution in [0.25, 0.3) is 0 Å². The number of hydrogen-bond donors (Lipinski definition) is 0. The molecule has 0 aromatic heterocycles. The average molecular weight is 460 g/mol. The van der Waals surface area contributed by atoms with Gasteiger partial charge in [0.15, 0.2) is 0 Å². The molecule has 1 amide bonds. The second-order valence-electron chi connectivity index (χ2n) is 7.29. The number of rotatable bonds is 5. The Bertz CT molecular complexity index is 839. The molecule has 2 saturated heterocycles. The van der Waals surface area contributed by atoms with Crippen molar-refractivity contribution in [3.05, 3.63) is 33.8 Å². The van der Waals surface area contributed by atoms with Crippen molar-refractivity contribution in [1.29, 1.82) is 0 Å².